The van der Waals surface area contributed by atoms with Crippen LogP contribution in [0, 0.1) is 5.92 Å². The van der Waals surface area contributed by atoms with Crippen molar-refractivity contribution >= 4 is 88.4 Å². The number of thioether (sulfide) groups is 2. The molecule has 8 N–H and O–H groups in total. The third-order valence-corrected chi connectivity index (χ3v) is 16.5. The number of nitrogens with zero attached hydrogens (tertiary/aromatic N) is 4. The Morgan fingerprint density at radius 1 is 0.890 bits per heavy atom. The van der Waals surface area contributed by atoms with E-state index in [1.165, 1.54) is 47.4 Å². The second-order valence-electron chi connectivity index (χ2n) is 20.2. The van der Waals surface area contributed by atoms with E-state index in [4.69, 9.17) is 34.8 Å². The summed E-state index contributed by atoms with van der Waals surface area (Å²) in [6.07, 6.45) is -2.60. The molecule has 0 fully saturated rings. The molecule has 2 aromatic heterocycles. The number of urea groups is 1. The van der Waals surface area contributed by atoms with Crippen LogP contribution in [0.25, 0.3) is 22.3 Å². The van der Waals surface area contributed by atoms with Crippen LogP contribution in [-0.4, -0.2) is 152 Å². The number of pyridine rings is 2. The summed E-state index contributed by atoms with van der Waals surface area (Å²) in [6.45, 7) is 11.1. The predicted octanol–water partition coefficient (Wildman–Crippen LogP) is 5.86. The van der Waals surface area contributed by atoms with E-state index < -0.39 is 71.9 Å². The van der Waals surface area contributed by atoms with E-state index in [9.17, 15) is 48.3 Å². The highest BCUT2D eigenvalue weighted by Gasteiger charge is 2.45. The second kappa shape index (κ2) is 28.3. The van der Waals surface area contributed by atoms with Crippen molar-refractivity contribution in [2.45, 2.75) is 109 Å². The third kappa shape index (κ3) is 16.2. The van der Waals surface area contributed by atoms with E-state index in [0.29, 0.717) is 46.1 Å². The smallest absolute Gasteiger partial charge is 0.458 e. The molecule has 4 heterocycles. The first-order valence-electron chi connectivity index (χ1n) is 26.6. The Kier molecular flexibility index (Phi) is 21.9. The molecule has 25 nitrogen and oxygen atoms in total. The van der Waals surface area contributed by atoms with Crippen molar-refractivity contribution in [3.8, 4) is 17.1 Å². The molecule has 7 amide bonds. The topological polar surface area (TPSA) is 339 Å². The lowest BCUT2D eigenvalue weighted by atomic mass is 9.86. The van der Waals surface area contributed by atoms with Crippen LogP contribution in [0.15, 0.2) is 53.3 Å². The normalized spacial score (nSPS) is 14.9. The lowest BCUT2D eigenvalue weighted by Crippen LogP contribution is -2.54. The molecule has 2 aromatic carbocycles. The zero-order chi connectivity index (χ0) is 60.1. The molecule has 0 saturated heterocycles. The highest BCUT2D eigenvalue weighted by atomic mass is 32.2. The number of nitrogens with one attached hydrogen (secondary N) is 4. The summed E-state index contributed by atoms with van der Waals surface area (Å²) in [6, 6.07) is 10.2. The van der Waals surface area contributed by atoms with Gasteiger partial charge >= 0.3 is 36.4 Å². The zero-order valence-electron chi connectivity index (χ0n) is 47.0. The van der Waals surface area contributed by atoms with Crippen molar-refractivity contribution in [1.29, 1.82) is 0 Å². The molecule has 0 radical (unpaired) electrons. The molecule has 27 heteroatoms. The number of hydrogen-bond acceptors (Lipinski definition) is 18. The van der Waals surface area contributed by atoms with Crippen molar-refractivity contribution in [3.05, 3.63) is 86.7 Å². The van der Waals surface area contributed by atoms with E-state index in [2.05, 4.69) is 26.0 Å². The van der Waals surface area contributed by atoms with Gasteiger partial charge in [-0.25, -0.2) is 33.8 Å². The van der Waals surface area contributed by atoms with E-state index in [0.717, 1.165) is 16.5 Å². The average Bonchev–Trinajstić information content (AvgIpc) is 1.93. The fourth-order valence-electron chi connectivity index (χ4n) is 9.07. The number of cyclic esters (lactones) is 1. The summed E-state index contributed by atoms with van der Waals surface area (Å²) >= 11 is 2.98. The number of carbonyl (C=O) groups excluding carboxylic acids is 7. The van der Waals surface area contributed by atoms with Gasteiger partial charge in [0.2, 0.25) is 11.8 Å². The minimum Gasteiger partial charge on any atom is -0.458 e. The van der Waals surface area contributed by atoms with Crippen LogP contribution in [-0.2, 0) is 65.1 Å². The zero-order valence-corrected chi connectivity index (χ0v) is 48.7. The third-order valence-electron chi connectivity index (χ3n) is 13.7. The van der Waals surface area contributed by atoms with Gasteiger partial charge in [0.25, 0.3) is 5.56 Å². The maximum atomic E-state index is 13.7. The summed E-state index contributed by atoms with van der Waals surface area (Å²) in [5.74, 6) is -1.33. The van der Waals surface area contributed by atoms with Crippen LogP contribution >= 0.6 is 23.5 Å². The summed E-state index contributed by atoms with van der Waals surface area (Å²) in [4.78, 5) is 122. The largest absolute Gasteiger partial charge is 0.505 e. The molecule has 0 bridgehead atoms. The van der Waals surface area contributed by atoms with Gasteiger partial charge in [-0.1, -0.05) is 39.8 Å². The van der Waals surface area contributed by atoms with Crippen LogP contribution in [0.4, 0.5) is 29.7 Å². The van der Waals surface area contributed by atoms with Crippen molar-refractivity contribution < 1.29 is 72.3 Å². The number of primary amides is 1. The lowest BCUT2D eigenvalue weighted by molar-refractivity contribution is -0.172. The number of aromatic nitrogens is 2. The van der Waals surface area contributed by atoms with Gasteiger partial charge in [0.15, 0.2) is 5.60 Å². The van der Waals surface area contributed by atoms with Crippen molar-refractivity contribution in [1.82, 2.24) is 35.3 Å². The number of ether oxygens (including phenoxy) is 5. The van der Waals surface area contributed by atoms with Crippen LogP contribution in [0.5, 0.6) is 5.75 Å². The number of alkyl carbamates (subject to hydrolysis) is 1. The van der Waals surface area contributed by atoms with Crippen molar-refractivity contribution in [3.63, 3.8) is 0 Å². The van der Waals surface area contributed by atoms with Crippen LogP contribution in [0.1, 0.15) is 88.6 Å². The number of esters is 1. The van der Waals surface area contributed by atoms with Gasteiger partial charge in [-0.05, 0) is 93.0 Å². The fraction of sp³-hybridized carbons (Fsp3) is 0.491. The number of aryl methyl sites for hydroxylation is 1. The van der Waals surface area contributed by atoms with Gasteiger partial charge in [0.1, 0.15) is 44.3 Å². The van der Waals surface area contributed by atoms with Crippen LogP contribution in [0.3, 0.4) is 0 Å². The molecule has 0 saturated carbocycles. The molecule has 444 valence electrons. The molecule has 3 atom stereocenters. The van der Waals surface area contributed by atoms with Crippen molar-refractivity contribution in [2.24, 2.45) is 11.7 Å². The van der Waals surface area contributed by atoms with Gasteiger partial charge in [0, 0.05) is 67.4 Å². The first-order valence-corrected chi connectivity index (χ1v) is 28.6. The number of carbonyl (C=O) groups is 8. The Balaban J connectivity index is 0.973. The number of amides is 7. The van der Waals surface area contributed by atoms with Crippen molar-refractivity contribution in [2.75, 3.05) is 63.8 Å². The average molecular weight is 1180 g/mol. The van der Waals surface area contributed by atoms with Gasteiger partial charge in [-0.15, -0.1) is 23.5 Å². The first-order chi connectivity index (χ1) is 38.9. The minimum absolute atomic E-state index is 0.0230. The van der Waals surface area contributed by atoms with Crippen LogP contribution < -0.4 is 37.3 Å². The Morgan fingerprint density at radius 2 is 1.56 bits per heavy atom. The molecular weight excluding hydrogens is 1110 g/mol. The maximum absolute atomic E-state index is 13.7. The Hall–Kier alpha value is -7.78. The number of rotatable bonds is 26. The standard InChI is InChI=1S/C55H71N9O16S2/c1-9-35-36-26-34(17-18-40(36)59-44-37(35)28-64-42(44)27-39-38(47(64)67)30-78-48(68)55(39,75)10-2)80-52(72)63(8)21-20-62(7)51(71)79-29-32-13-15-33(16-14-32)58-45(65)41(12-11-19-57-49(56)69)60-46(66)43(31(3)4)61-50(70)76-22-24-81-54(5,6)82-25-23-77-53(73)74/h13-18,26-27,31,41,43,75H,9-12,19-25,28-30H2,1-8H3,(H,58,65)(H,60,66)(H,61,70)(H,73,74)(H3,56,57,69)/t41-,43-,55-/m0/s1. The number of carboxylic acid groups (broad SMARTS) is 1. The predicted molar refractivity (Wildman–Crippen MR) is 305 cm³/mol. The van der Waals surface area contributed by atoms with E-state index in [-0.39, 0.29) is 98.4 Å². The molecule has 2 aliphatic heterocycles. The number of hydrogen-bond donors (Lipinski definition) is 7. The highest BCUT2D eigenvalue weighted by Crippen LogP contribution is 2.41. The SMILES string of the molecule is CCc1c2c(nc3ccc(OC(=O)N(C)CCN(C)C(=O)OCc4ccc(NC(=O)[C@H](CCCNC(N)=O)NC(=O)[C@@H](NC(=O)OCCSC(C)(C)SCCOC(=O)O)C(C)C)cc4)cc13)-c1cc3c(c(=O)n1C2)COC(=O)[C@]3(O)CC. The number of fused-ring (bicyclic) bond motifs is 5. The van der Waals surface area contributed by atoms with Gasteiger partial charge < -0.3 is 75.3 Å². The molecule has 0 spiro atoms. The molecular formula is C55H71N9O16S2. The summed E-state index contributed by atoms with van der Waals surface area (Å²) in [5.41, 5.74) is 7.61. The van der Waals surface area contributed by atoms with Gasteiger partial charge in [0.05, 0.1) is 33.1 Å². The number of likely N-dealkylation sites (N-methyl/N-ethyl adjacent to an activating group) is 2. The molecule has 4 aromatic rings. The second-order valence-corrected chi connectivity index (χ2v) is 23.9. The number of anilines is 1. The number of aliphatic hydroxyl groups is 1. The van der Waals surface area contributed by atoms with Gasteiger partial charge in [-0.2, -0.15) is 0 Å². The number of benzene rings is 2. The first kappa shape index (κ1) is 63.4. The van der Waals surface area contributed by atoms with Crippen LogP contribution in [0.2, 0.25) is 0 Å². The molecule has 6 rings (SSSR count). The monoisotopic (exact) mass is 1180 g/mol. The maximum Gasteiger partial charge on any atom is 0.505 e. The fourth-order valence-corrected chi connectivity index (χ4v) is 11.2. The van der Waals surface area contributed by atoms with E-state index in [1.807, 2.05) is 20.8 Å². The molecule has 0 unspecified atom stereocenters. The Labute approximate surface area is 482 Å². The lowest BCUT2D eigenvalue weighted by Gasteiger charge is -2.31. The number of nitrogens with two attached hydrogens (primary N) is 1. The summed E-state index contributed by atoms with van der Waals surface area (Å²) in [7, 11) is 3.04. The molecule has 82 heavy (non-hydrogen) atoms. The van der Waals surface area contributed by atoms with Gasteiger partial charge in [-0.3, -0.25) is 14.4 Å². The molecule has 2 aliphatic rings. The Bertz CT molecular complexity index is 3100. The summed E-state index contributed by atoms with van der Waals surface area (Å²) in [5, 5.41) is 31.2. The summed E-state index contributed by atoms with van der Waals surface area (Å²) < 4.78 is 27.6. The highest BCUT2D eigenvalue weighted by molar-refractivity contribution is 8.18. The quantitative estimate of drug-likeness (QED) is 0.0147. The van der Waals surface area contributed by atoms with E-state index in [1.54, 1.807) is 73.9 Å². The Morgan fingerprint density at radius 3 is 2.20 bits per heavy atom. The molecule has 0 aliphatic carbocycles. The van der Waals surface area contributed by atoms with E-state index >= 15 is 0 Å². The minimum atomic E-state index is -1.95.